The van der Waals surface area contributed by atoms with Gasteiger partial charge < -0.3 is 15.2 Å². The van der Waals surface area contributed by atoms with Crippen LogP contribution in [0, 0.1) is 0 Å². The Bertz CT molecular complexity index is 185. The van der Waals surface area contributed by atoms with Gasteiger partial charge >= 0.3 is 5.97 Å². The molecule has 0 aromatic heterocycles. The smallest absolute Gasteiger partial charge is 0.323 e. The molecule has 0 spiro atoms. The van der Waals surface area contributed by atoms with Crippen LogP contribution in [0.4, 0.5) is 0 Å². The Balaban J connectivity index is 3.81. The summed E-state index contributed by atoms with van der Waals surface area (Å²) >= 11 is 0. The molecule has 1 unspecified atom stereocenters. The Morgan fingerprint density at radius 1 is 1.47 bits per heavy atom. The molecule has 4 nitrogen and oxygen atoms in total. The van der Waals surface area contributed by atoms with Crippen molar-refractivity contribution in [3.05, 3.63) is 0 Å². The first-order valence-electron chi connectivity index (χ1n) is 5.63. The third-order valence-electron chi connectivity index (χ3n) is 2.41. The molecule has 0 amide bonds. The van der Waals surface area contributed by atoms with E-state index in [1.54, 1.807) is 6.92 Å². The van der Waals surface area contributed by atoms with E-state index >= 15 is 0 Å². The van der Waals surface area contributed by atoms with Gasteiger partial charge in [-0.1, -0.05) is 13.3 Å². The van der Waals surface area contributed by atoms with Gasteiger partial charge in [-0.3, -0.25) is 4.79 Å². The molecule has 0 aromatic rings. The van der Waals surface area contributed by atoms with Crippen LogP contribution in [0.15, 0.2) is 0 Å². The molecule has 0 aliphatic heterocycles. The monoisotopic (exact) mass is 217 g/mol. The molecule has 0 bridgehead atoms. The van der Waals surface area contributed by atoms with Crippen molar-refractivity contribution >= 4 is 5.97 Å². The van der Waals surface area contributed by atoms with E-state index in [4.69, 9.17) is 9.84 Å². The van der Waals surface area contributed by atoms with Crippen molar-refractivity contribution in [3.8, 4) is 0 Å². The highest BCUT2D eigenvalue weighted by Crippen LogP contribution is 2.12. The van der Waals surface area contributed by atoms with Crippen molar-refractivity contribution in [2.45, 2.75) is 45.6 Å². The quantitative estimate of drug-likeness (QED) is 0.576. The molecule has 0 heterocycles. The maximum absolute atomic E-state index is 11.0. The fourth-order valence-corrected chi connectivity index (χ4v) is 1.45. The van der Waals surface area contributed by atoms with Crippen LogP contribution in [0.1, 0.15) is 40.0 Å². The Morgan fingerprint density at radius 3 is 2.60 bits per heavy atom. The van der Waals surface area contributed by atoms with E-state index in [1.165, 1.54) is 0 Å². The molecule has 90 valence electrons. The largest absolute Gasteiger partial charge is 0.480 e. The zero-order valence-electron chi connectivity index (χ0n) is 10.0. The molecule has 0 fully saturated rings. The molecule has 0 radical (unpaired) electrons. The zero-order valence-corrected chi connectivity index (χ0v) is 10.0. The molecule has 0 aromatic carbocycles. The van der Waals surface area contributed by atoms with Crippen molar-refractivity contribution in [2.75, 3.05) is 19.8 Å². The maximum atomic E-state index is 11.0. The van der Waals surface area contributed by atoms with E-state index in [0.717, 1.165) is 12.8 Å². The molecule has 4 heteroatoms. The van der Waals surface area contributed by atoms with Gasteiger partial charge in [0, 0.05) is 13.2 Å². The van der Waals surface area contributed by atoms with Crippen molar-refractivity contribution < 1.29 is 14.6 Å². The van der Waals surface area contributed by atoms with Crippen LogP contribution in [-0.4, -0.2) is 36.4 Å². The Labute approximate surface area is 92.0 Å². The standard InChI is InChI=1S/C11H23NO3/c1-4-7-11(3,10(13)14)12-8-6-9-15-5-2/h12H,4-9H2,1-3H3,(H,13,14). The van der Waals surface area contributed by atoms with Crippen LogP contribution in [-0.2, 0) is 9.53 Å². The van der Waals surface area contributed by atoms with E-state index in [-0.39, 0.29) is 0 Å². The van der Waals surface area contributed by atoms with Crippen LogP contribution in [0.2, 0.25) is 0 Å². The fourth-order valence-electron chi connectivity index (χ4n) is 1.45. The van der Waals surface area contributed by atoms with Crippen molar-refractivity contribution in [2.24, 2.45) is 0 Å². The molecule has 0 saturated carbocycles. The summed E-state index contributed by atoms with van der Waals surface area (Å²) < 4.78 is 5.18. The number of hydrogen-bond acceptors (Lipinski definition) is 3. The van der Waals surface area contributed by atoms with Crippen LogP contribution < -0.4 is 5.32 Å². The Morgan fingerprint density at radius 2 is 2.13 bits per heavy atom. The van der Waals surface area contributed by atoms with Gasteiger partial charge in [0.1, 0.15) is 5.54 Å². The van der Waals surface area contributed by atoms with Gasteiger partial charge in [0.05, 0.1) is 0 Å². The minimum atomic E-state index is -0.791. The van der Waals surface area contributed by atoms with Gasteiger partial charge in [0.15, 0.2) is 0 Å². The minimum absolute atomic E-state index is 0.650. The summed E-state index contributed by atoms with van der Waals surface area (Å²) in [6.07, 6.45) is 2.36. The number of carboxylic acids is 1. The second-order valence-corrected chi connectivity index (χ2v) is 3.86. The van der Waals surface area contributed by atoms with Gasteiger partial charge in [-0.25, -0.2) is 0 Å². The molecule has 2 N–H and O–H groups in total. The van der Waals surface area contributed by atoms with Crippen molar-refractivity contribution in [3.63, 3.8) is 0 Å². The molecule has 0 aliphatic carbocycles. The Kier molecular flexibility index (Phi) is 7.34. The second-order valence-electron chi connectivity index (χ2n) is 3.86. The van der Waals surface area contributed by atoms with Crippen LogP contribution in [0.25, 0.3) is 0 Å². The molecular formula is C11H23NO3. The number of carboxylic acid groups (broad SMARTS) is 1. The lowest BCUT2D eigenvalue weighted by atomic mass is 9.96. The van der Waals surface area contributed by atoms with Gasteiger partial charge in [0.2, 0.25) is 0 Å². The third-order valence-corrected chi connectivity index (χ3v) is 2.41. The molecular weight excluding hydrogens is 194 g/mol. The average Bonchev–Trinajstić information content (AvgIpc) is 2.18. The lowest BCUT2D eigenvalue weighted by Crippen LogP contribution is -2.49. The van der Waals surface area contributed by atoms with Gasteiger partial charge in [0.25, 0.3) is 0 Å². The van der Waals surface area contributed by atoms with Crippen LogP contribution >= 0.6 is 0 Å². The van der Waals surface area contributed by atoms with Crippen molar-refractivity contribution in [1.29, 1.82) is 0 Å². The molecule has 0 saturated heterocycles. The second kappa shape index (κ2) is 7.65. The molecule has 1 atom stereocenters. The summed E-state index contributed by atoms with van der Waals surface area (Å²) in [5.74, 6) is -0.777. The summed E-state index contributed by atoms with van der Waals surface area (Å²) in [7, 11) is 0. The minimum Gasteiger partial charge on any atom is -0.480 e. The Hall–Kier alpha value is -0.610. The lowest BCUT2D eigenvalue weighted by molar-refractivity contribution is -0.144. The summed E-state index contributed by atoms with van der Waals surface area (Å²) in [4.78, 5) is 11.0. The van der Waals surface area contributed by atoms with E-state index in [0.29, 0.717) is 26.2 Å². The number of carbonyl (C=O) groups is 1. The van der Waals surface area contributed by atoms with Crippen LogP contribution in [0.3, 0.4) is 0 Å². The first-order valence-corrected chi connectivity index (χ1v) is 5.63. The van der Waals surface area contributed by atoms with Crippen molar-refractivity contribution in [1.82, 2.24) is 5.32 Å². The van der Waals surface area contributed by atoms with Gasteiger partial charge in [-0.05, 0) is 33.2 Å². The summed E-state index contributed by atoms with van der Waals surface area (Å²) in [6, 6.07) is 0. The predicted molar refractivity (Wildman–Crippen MR) is 60.1 cm³/mol. The van der Waals surface area contributed by atoms with E-state index in [9.17, 15) is 4.79 Å². The van der Waals surface area contributed by atoms with E-state index in [2.05, 4.69) is 5.32 Å². The predicted octanol–water partition coefficient (Wildman–Crippen LogP) is 1.65. The fraction of sp³-hybridized carbons (Fsp3) is 0.909. The first-order chi connectivity index (χ1) is 7.06. The van der Waals surface area contributed by atoms with E-state index in [1.807, 2.05) is 13.8 Å². The summed E-state index contributed by atoms with van der Waals surface area (Å²) in [5, 5.41) is 12.1. The highest BCUT2D eigenvalue weighted by Gasteiger charge is 2.30. The normalized spacial score (nSPS) is 14.9. The highest BCUT2D eigenvalue weighted by atomic mass is 16.5. The number of rotatable bonds is 9. The third kappa shape index (κ3) is 5.74. The van der Waals surface area contributed by atoms with Crippen LogP contribution in [0.5, 0.6) is 0 Å². The summed E-state index contributed by atoms with van der Waals surface area (Å²) in [6.45, 7) is 7.76. The number of nitrogens with one attached hydrogen (secondary N) is 1. The van der Waals surface area contributed by atoms with E-state index < -0.39 is 11.5 Å². The average molecular weight is 217 g/mol. The molecule has 0 rings (SSSR count). The highest BCUT2D eigenvalue weighted by molar-refractivity contribution is 5.78. The zero-order chi connectivity index (χ0) is 11.7. The number of ether oxygens (including phenoxy) is 1. The lowest BCUT2D eigenvalue weighted by Gasteiger charge is -2.25. The van der Waals surface area contributed by atoms with Gasteiger partial charge in [-0.15, -0.1) is 0 Å². The number of aliphatic carboxylic acids is 1. The number of hydrogen-bond donors (Lipinski definition) is 2. The summed E-state index contributed by atoms with van der Waals surface area (Å²) in [5.41, 5.74) is -0.791. The maximum Gasteiger partial charge on any atom is 0.323 e. The van der Waals surface area contributed by atoms with Gasteiger partial charge in [-0.2, -0.15) is 0 Å². The first kappa shape index (κ1) is 14.4. The molecule has 0 aliphatic rings. The topological polar surface area (TPSA) is 58.6 Å². The SMILES string of the molecule is CCCC(C)(NCCCOCC)C(=O)O. The molecule has 15 heavy (non-hydrogen) atoms.